The molecule has 2 fully saturated rings. The second kappa shape index (κ2) is 2.50. The molecule has 2 saturated carbocycles. The van der Waals surface area contributed by atoms with E-state index in [9.17, 15) is 0 Å². The Morgan fingerprint density at radius 3 is 2.46 bits per heavy atom. The van der Waals surface area contributed by atoms with E-state index >= 15 is 0 Å². The Bertz CT molecular complexity index is 270. The first-order valence-corrected chi connectivity index (χ1v) is 5.34. The summed E-state index contributed by atoms with van der Waals surface area (Å²) < 4.78 is 0. The standard InChI is InChI=1S/C13H20/c1-5-6-11-9-10-7-8-13(11,4)12(10,2)3/h5-6,10H,1,7-9H2,2-4H3/b11-6+. The van der Waals surface area contributed by atoms with Gasteiger partial charge in [-0.05, 0) is 36.0 Å². The molecule has 0 aliphatic heterocycles. The van der Waals surface area contributed by atoms with E-state index in [1.54, 1.807) is 5.57 Å². The molecule has 0 nitrogen and oxygen atoms in total. The van der Waals surface area contributed by atoms with Crippen molar-refractivity contribution in [1.29, 1.82) is 0 Å². The fourth-order valence-corrected chi connectivity index (χ4v) is 3.41. The zero-order valence-corrected chi connectivity index (χ0v) is 9.06. The van der Waals surface area contributed by atoms with Crippen LogP contribution in [0.3, 0.4) is 0 Å². The monoisotopic (exact) mass is 176 g/mol. The van der Waals surface area contributed by atoms with E-state index < -0.39 is 0 Å². The van der Waals surface area contributed by atoms with Gasteiger partial charge >= 0.3 is 0 Å². The topological polar surface area (TPSA) is 0 Å². The van der Waals surface area contributed by atoms with Gasteiger partial charge < -0.3 is 0 Å². The summed E-state index contributed by atoms with van der Waals surface area (Å²) in [6.07, 6.45) is 8.33. The normalized spacial score (nSPS) is 44.2. The lowest BCUT2D eigenvalue weighted by atomic mass is 9.69. The summed E-state index contributed by atoms with van der Waals surface area (Å²) in [5, 5.41) is 0. The van der Waals surface area contributed by atoms with Crippen molar-refractivity contribution in [2.45, 2.75) is 40.0 Å². The molecule has 0 amide bonds. The van der Waals surface area contributed by atoms with Gasteiger partial charge in [-0.3, -0.25) is 0 Å². The molecule has 0 radical (unpaired) electrons. The lowest BCUT2D eigenvalue weighted by Crippen LogP contribution is -2.27. The molecule has 0 heterocycles. The molecule has 0 spiro atoms. The molecule has 2 unspecified atom stereocenters. The van der Waals surface area contributed by atoms with E-state index in [4.69, 9.17) is 0 Å². The fraction of sp³-hybridized carbons (Fsp3) is 0.692. The van der Waals surface area contributed by atoms with Crippen LogP contribution in [-0.2, 0) is 0 Å². The quantitative estimate of drug-likeness (QED) is 0.567. The van der Waals surface area contributed by atoms with Crippen molar-refractivity contribution >= 4 is 0 Å². The molecule has 0 heteroatoms. The summed E-state index contributed by atoms with van der Waals surface area (Å²) in [4.78, 5) is 0. The molecule has 2 bridgehead atoms. The Labute approximate surface area is 81.7 Å². The Hall–Kier alpha value is -0.520. The summed E-state index contributed by atoms with van der Waals surface area (Å²) in [6, 6.07) is 0. The molecule has 2 atom stereocenters. The zero-order chi connectivity index (χ0) is 9.69. The smallest absolute Gasteiger partial charge is 0.00592 e. The van der Waals surface area contributed by atoms with Crippen molar-refractivity contribution in [2.75, 3.05) is 0 Å². The van der Waals surface area contributed by atoms with Crippen molar-refractivity contribution < 1.29 is 0 Å². The van der Waals surface area contributed by atoms with Gasteiger partial charge in [-0.2, -0.15) is 0 Å². The van der Waals surface area contributed by atoms with E-state index in [1.807, 2.05) is 6.08 Å². The molecule has 2 rings (SSSR count). The van der Waals surface area contributed by atoms with E-state index in [-0.39, 0.29) is 0 Å². The number of hydrogen-bond donors (Lipinski definition) is 0. The molecule has 72 valence electrons. The highest BCUT2D eigenvalue weighted by Crippen LogP contribution is 2.67. The third kappa shape index (κ3) is 0.920. The Morgan fingerprint density at radius 1 is 1.38 bits per heavy atom. The maximum atomic E-state index is 3.81. The highest BCUT2D eigenvalue weighted by atomic mass is 14.6. The van der Waals surface area contributed by atoms with Gasteiger partial charge in [0.1, 0.15) is 0 Å². The van der Waals surface area contributed by atoms with Crippen LogP contribution in [0.5, 0.6) is 0 Å². The van der Waals surface area contributed by atoms with Crippen LogP contribution in [0, 0.1) is 16.7 Å². The third-order valence-corrected chi connectivity index (χ3v) is 4.93. The van der Waals surface area contributed by atoms with Crippen LogP contribution in [0.25, 0.3) is 0 Å². The van der Waals surface area contributed by atoms with Gasteiger partial charge in [0.2, 0.25) is 0 Å². The van der Waals surface area contributed by atoms with E-state index in [2.05, 4.69) is 33.4 Å². The predicted octanol–water partition coefficient (Wildman–Crippen LogP) is 3.95. The first-order valence-electron chi connectivity index (χ1n) is 5.34. The minimum absolute atomic E-state index is 0.464. The highest BCUT2D eigenvalue weighted by molar-refractivity contribution is 5.31. The van der Waals surface area contributed by atoms with E-state index in [1.165, 1.54) is 19.3 Å². The molecular weight excluding hydrogens is 156 g/mol. The Kier molecular flexibility index (Phi) is 1.74. The highest BCUT2D eigenvalue weighted by Gasteiger charge is 2.58. The lowest BCUT2D eigenvalue weighted by Gasteiger charge is -2.35. The van der Waals surface area contributed by atoms with Gasteiger partial charge in [0.05, 0.1) is 0 Å². The van der Waals surface area contributed by atoms with Crippen LogP contribution in [0.2, 0.25) is 0 Å². The van der Waals surface area contributed by atoms with Crippen LogP contribution in [0.4, 0.5) is 0 Å². The molecule has 0 aromatic rings. The SMILES string of the molecule is C=C/C=C1\CC2CCC1(C)C2(C)C. The number of fused-ring (bicyclic) bond motifs is 2. The molecule has 0 saturated heterocycles. The summed E-state index contributed by atoms with van der Waals surface area (Å²) in [6.45, 7) is 11.1. The molecule has 0 aromatic heterocycles. The first-order chi connectivity index (χ1) is 6.02. The molecule has 2 aliphatic carbocycles. The number of allylic oxidation sites excluding steroid dienone is 3. The van der Waals surface area contributed by atoms with Crippen LogP contribution >= 0.6 is 0 Å². The minimum atomic E-state index is 0.464. The Morgan fingerprint density at radius 2 is 2.08 bits per heavy atom. The summed E-state index contributed by atoms with van der Waals surface area (Å²) in [7, 11) is 0. The van der Waals surface area contributed by atoms with Crippen molar-refractivity contribution in [3.05, 3.63) is 24.3 Å². The maximum absolute atomic E-state index is 3.81. The summed E-state index contributed by atoms with van der Waals surface area (Å²) in [5.74, 6) is 0.920. The van der Waals surface area contributed by atoms with Crippen LogP contribution < -0.4 is 0 Å². The largest absolute Gasteiger partial charge is 0.0991 e. The van der Waals surface area contributed by atoms with Gasteiger partial charge in [-0.25, -0.2) is 0 Å². The van der Waals surface area contributed by atoms with Crippen molar-refractivity contribution in [1.82, 2.24) is 0 Å². The lowest BCUT2D eigenvalue weighted by molar-refractivity contribution is 0.179. The van der Waals surface area contributed by atoms with Gasteiger partial charge in [0.15, 0.2) is 0 Å². The van der Waals surface area contributed by atoms with Crippen LogP contribution in [0.15, 0.2) is 24.3 Å². The number of rotatable bonds is 1. The van der Waals surface area contributed by atoms with Crippen molar-refractivity contribution in [3.8, 4) is 0 Å². The third-order valence-electron chi connectivity index (χ3n) is 4.93. The van der Waals surface area contributed by atoms with Gasteiger partial charge in [-0.15, -0.1) is 0 Å². The fourth-order valence-electron chi connectivity index (χ4n) is 3.41. The first kappa shape index (κ1) is 9.05. The van der Waals surface area contributed by atoms with Crippen LogP contribution in [-0.4, -0.2) is 0 Å². The second-order valence-corrected chi connectivity index (χ2v) is 5.42. The average Bonchev–Trinajstić information content (AvgIpc) is 2.37. The van der Waals surface area contributed by atoms with Gasteiger partial charge in [0, 0.05) is 0 Å². The van der Waals surface area contributed by atoms with Crippen LogP contribution in [0.1, 0.15) is 40.0 Å². The molecule has 0 aromatic carbocycles. The summed E-state index contributed by atoms with van der Waals surface area (Å²) in [5.41, 5.74) is 2.62. The number of hydrogen-bond acceptors (Lipinski definition) is 0. The Balaban J connectivity index is 2.44. The average molecular weight is 176 g/mol. The van der Waals surface area contributed by atoms with E-state index in [0.717, 1.165) is 5.92 Å². The van der Waals surface area contributed by atoms with E-state index in [0.29, 0.717) is 10.8 Å². The van der Waals surface area contributed by atoms with Gasteiger partial charge in [0.25, 0.3) is 0 Å². The zero-order valence-electron chi connectivity index (χ0n) is 9.06. The summed E-state index contributed by atoms with van der Waals surface area (Å²) >= 11 is 0. The maximum Gasteiger partial charge on any atom is -0.00592 e. The molecular formula is C13H20. The molecule has 0 N–H and O–H groups in total. The van der Waals surface area contributed by atoms with Gasteiger partial charge in [-0.1, -0.05) is 45.1 Å². The predicted molar refractivity (Wildman–Crippen MR) is 57.5 cm³/mol. The molecule has 2 aliphatic rings. The van der Waals surface area contributed by atoms with Crippen molar-refractivity contribution in [2.24, 2.45) is 16.7 Å². The second-order valence-electron chi connectivity index (χ2n) is 5.42. The van der Waals surface area contributed by atoms with Crippen molar-refractivity contribution in [3.63, 3.8) is 0 Å². The molecule has 13 heavy (non-hydrogen) atoms. The minimum Gasteiger partial charge on any atom is -0.0991 e.